The highest BCUT2D eigenvalue weighted by Gasteiger charge is 2.54. The zero-order valence-corrected chi connectivity index (χ0v) is 23.4. The zero-order valence-electron chi connectivity index (χ0n) is 21.1. The number of nitrogens with one attached hydrogen (secondary N) is 1. The fourth-order valence-electron chi connectivity index (χ4n) is 3.62. The molecule has 1 aliphatic rings. The molecule has 14 heteroatoms. The lowest BCUT2D eigenvalue weighted by Crippen LogP contribution is -2.63. The van der Waals surface area contributed by atoms with Gasteiger partial charge in [0.25, 0.3) is 3.79 Å². The summed E-state index contributed by atoms with van der Waals surface area (Å²) in [5.74, 6) is -4.22. The number of rotatable bonds is 8. The minimum atomic E-state index is -2.36. The van der Waals surface area contributed by atoms with Gasteiger partial charge in [0.15, 0.2) is 12.2 Å². The second-order valence-electron chi connectivity index (χ2n) is 8.34. The van der Waals surface area contributed by atoms with Crippen LogP contribution in [0.1, 0.15) is 34.6 Å². The van der Waals surface area contributed by atoms with E-state index in [1.165, 1.54) is 24.3 Å². The molecule has 40 heavy (non-hydrogen) atoms. The summed E-state index contributed by atoms with van der Waals surface area (Å²) in [7, 11) is 0. The van der Waals surface area contributed by atoms with Crippen molar-refractivity contribution in [1.82, 2.24) is 0 Å². The summed E-state index contributed by atoms with van der Waals surface area (Å²) in [5, 5.41) is 8.04. The Hall–Kier alpha value is -3.38. The summed E-state index contributed by atoms with van der Waals surface area (Å²) in [6, 6.07) is 15.6. The second kappa shape index (κ2) is 13.8. The van der Waals surface area contributed by atoms with Gasteiger partial charge in [0, 0.05) is 13.8 Å². The predicted molar refractivity (Wildman–Crippen MR) is 141 cm³/mol. The zero-order chi connectivity index (χ0) is 29.4. The lowest BCUT2D eigenvalue weighted by Gasteiger charge is -2.44. The van der Waals surface area contributed by atoms with E-state index >= 15 is 0 Å². The van der Waals surface area contributed by atoms with E-state index in [-0.39, 0.29) is 11.1 Å². The molecule has 0 unspecified atom stereocenters. The van der Waals surface area contributed by atoms with E-state index in [9.17, 15) is 19.2 Å². The molecule has 0 spiro atoms. The van der Waals surface area contributed by atoms with Gasteiger partial charge in [0.05, 0.1) is 11.1 Å². The van der Waals surface area contributed by atoms with E-state index in [1.54, 1.807) is 36.4 Å². The normalized spacial score (nSPS) is 22.4. The minimum absolute atomic E-state index is 0.108. The van der Waals surface area contributed by atoms with Crippen LogP contribution < -0.4 is 0 Å². The monoisotopic (exact) mass is 615 g/mol. The van der Waals surface area contributed by atoms with Crippen LogP contribution in [-0.4, -0.2) is 70.9 Å². The molecule has 1 heterocycles. The average Bonchev–Trinajstić information content (AvgIpc) is 2.90. The molecule has 2 aromatic rings. The van der Waals surface area contributed by atoms with E-state index in [4.69, 9.17) is 68.6 Å². The maximum atomic E-state index is 13.1. The molecule has 0 bridgehead atoms. The standard InChI is InChI=1S/C26H24Cl3NO10/c1-14(31)35-13-18-19(36-15(2)32)20(38-22(33)16-9-5-3-6-10-16)21(24(37-18)40-25(30)26(27,28)29)39-23(34)17-11-7-4-8-12-17/h3-12,18-21,24,30H,13H2,1-2H3/t18-,19-,20+,21+,24-/m1/s1. The van der Waals surface area contributed by atoms with Crippen LogP contribution in [0, 0.1) is 5.41 Å². The van der Waals surface area contributed by atoms with Crippen molar-refractivity contribution in [2.24, 2.45) is 0 Å². The van der Waals surface area contributed by atoms with Gasteiger partial charge >= 0.3 is 23.9 Å². The van der Waals surface area contributed by atoms with Crippen LogP contribution in [0.4, 0.5) is 0 Å². The third-order valence-electron chi connectivity index (χ3n) is 5.34. The fourth-order valence-corrected chi connectivity index (χ4v) is 3.75. The summed E-state index contributed by atoms with van der Waals surface area (Å²) in [6.45, 7) is 1.71. The highest BCUT2D eigenvalue weighted by molar-refractivity contribution is 6.76. The number of halogens is 3. The van der Waals surface area contributed by atoms with Crippen LogP contribution in [0.3, 0.4) is 0 Å². The Morgan fingerprint density at radius 3 is 1.70 bits per heavy atom. The van der Waals surface area contributed by atoms with E-state index < -0.39 is 70.9 Å². The summed E-state index contributed by atoms with van der Waals surface area (Å²) in [4.78, 5) is 49.9. The van der Waals surface area contributed by atoms with Gasteiger partial charge in [-0.1, -0.05) is 71.2 Å². The predicted octanol–water partition coefficient (Wildman–Crippen LogP) is 4.02. The van der Waals surface area contributed by atoms with Crippen molar-refractivity contribution in [3.05, 3.63) is 71.8 Å². The second-order valence-corrected chi connectivity index (χ2v) is 10.6. The third-order valence-corrected chi connectivity index (χ3v) is 5.86. The van der Waals surface area contributed by atoms with Crippen molar-refractivity contribution in [3.63, 3.8) is 0 Å². The van der Waals surface area contributed by atoms with Gasteiger partial charge in [-0.15, -0.1) is 0 Å². The molecule has 2 aromatic carbocycles. The maximum absolute atomic E-state index is 13.1. The number of benzene rings is 2. The number of hydrogen-bond acceptors (Lipinski definition) is 11. The van der Waals surface area contributed by atoms with Crippen LogP contribution in [0.25, 0.3) is 0 Å². The number of ether oxygens (including phenoxy) is 6. The molecule has 1 fully saturated rings. The molecule has 11 nitrogen and oxygen atoms in total. The van der Waals surface area contributed by atoms with Crippen molar-refractivity contribution >= 4 is 64.6 Å². The average molecular weight is 617 g/mol. The summed E-state index contributed by atoms with van der Waals surface area (Å²) >= 11 is 17.4. The van der Waals surface area contributed by atoms with Gasteiger partial charge in [-0.25, -0.2) is 9.59 Å². The molecule has 1 aliphatic heterocycles. The lowest BCUT2D eigenvalue weighted by molar-refractivity contribution is -0.284. The van der Waals surface area contributed by atoms with Crippen molar-refractivity contribution in [3.8, 4) is 0 Å². The lowest BCUT2D eigenvalue weighted by atomic mass is 9.97. The Kier molecular flexibility index (Phi) is 10.7. The maximum Gasteiger partial charge on any atom is 0.338 e. The Balaban J connectivity index is 2.08. The first-order valence-electron chi connectivity index (χ1n) is 11.7. The summed E-state index contributed by atoms with van der Waals surface area (Å²) < 4.78 is 30.7. The van der Waals surface area contributed by atoms with E-state index in [0.717, 1.165) is 13.8 Å². The quantitative estimate of drug-likeness (QED) is 0.152. The molecule has 0 amide bonds. The number of carbonyl (C=O) groups is 4. The molecule has 0 aliphatic carbocycles. The molecule has 1 saturated heterocycles. The smallest absolute Gasteiger partial charge is 0.338 e. The SMILES string of the molecule is CC(=O)OC[C@H]1O[C@H](OC(=N)C(Cl)(Cl)Cl)[C@@H](OC(=O)c2ccccc2)[C@@H](OC(=O)c2ccccc2)[C@@H]1OC(C)=O. The number of carbonyl (C=O) groups excluding carboxylic acids is 4. The van der Waals surface area contributed by atoms with Crippen LogP contribution in [0.15, 0.2) is 60.7 Å². The van der Waals surface area contributed by atoms with Crippen molar-refractivity contribution < 1.29 is 47.6 Å². The molecule has 0 aromatic heterocycles. The molecule has 3 rings (SSSR count). The van der Waals surface area contributed by atoms with Crippen LogP contribution >= 0.6 is 34.8 Å². The topological polar surface area (TPSA) is 148 Å². The molecule has 0 saturated carbocycles. The Labute approximate surface area is 244 Å². The van der Waals surface area contributed by atoms with Gasteiger partial charge in [-0.05, 0) is 24.3 Å². The molecular weight excluding hydrogens is 593 g/mol. The van der Waals surface area contributed by atoms with E-state index in [1.807, 2.05) is 0 Å². The Morgan fingerprint density at radius 1 is 0.750 bits per heavy atom. The van der Waals surface area contributed by atoms with Gasteiger partial charge in [-0.2, -0.15) is 0 Å². The first kappa shape index (κ1) is 31.2. The van der Waals surface area contributed by atoms with Crippen molar-refractivity contribution in [2.75, 3.05) is 6.61 Å². The molecular formula is C26H24Cl3NO10. The van der Waals surface area contributed by atoms with Gasteiger partial charge < -0.3 is 28.4 Å². The molecule has 0 radical (unpaired) electrons. The third kappa shape index (κ3) is 8.56. The van der Waals surface area contributed by atoms with E-state index in [2.05, 4.69) is 0 Å². The number of alkyl halides is 3. The number of hydrogen-bond donors (Lipinski definition) is 1. The number of esters is 4. The van der Waals surface area contributed by atoms with Gasteiger partial charge in [0.2, 0.25) is 18.3 Å². The summed E-state index contributed by atoms with van der Waals surface area (Å²) in [5.41, 5.74) is 0.226. The minimum Gasteiger partial charge on any atom is -0.463 e. The van der Waals surface area contributed by atoms with Crippen molar-refractivity contribution in [1.29, 1.82) is 5.41 Å². The first-order valence-corrected chi connectivity index (χ1v) is 12.8. The van der Waals surface area contributed by atoms with Crippen LogP contribution in [0.5, 0.6) is 0 Å². The van der Waals surface area contributed by atoms with Crippen LogP contribution in [0.2, 0.25) is 0 Å². The highest BCUT2D eigenvalue weighted by Crippen LogP contribution is 2.34. The van der Waals surface area contributed by atoms with Crippen LogP contribution in [-0.2, 0) is 38.0 Å². The first-order chi connectivity index (χ1) is 18.9. The highest BCUT2D eigenvalue weighted by atomic mass is 35.6. The Morgan fingerprint density at radius 2 is 1.25 bits per heavy atom. The summed E-state index contributed by atoms with van der Waals surface area (Å²) in [6.07, 6.45) is -7.84. The molecule has 5 atom stereocenters. The van der Waals surface area contributed by atoms with Gasteiger partial charge in [-0.3, -0.25) is 15.0 Å². The molecule has 214 valence electrons. The molecule has 1 N–H and O–H groups in total. The fraction of sp³-hybridized carbons (Fsp3) is 0.346. The van der Waals surface area contributed by atoms with Gasteiger partial charge in [0.1, 0.15) is 12.7 Å². The van der Waals surface area contributed by atoms with E-state index in [0.29, 0.717) is 0 Å². The largest absolute Gasteiger partial charge is 0.463 e. The Bertz CT molecular complexity index is 1220. The van der Waals surface area contributed by atoms with Crippen molar-refractivity contribution in [2.45, 2.75) is 48.3 Å².